The zero-order valence-electron chi connectivity index (χ0n) is 26.0. The van der Waals surface area contributed by atoms with Crippen LogP contribution in [-0.4, -0.2) is 80.3 Å². The number of amides is 2. The predicted octanol–water partition coefficient (Wildman–Crippen LogP) is 5.10. The largest absolute Gasteiger partial charge is 0.416 e. The van der Waals surface area contributed by atoms with Gasteiger partial charge in [0.2, 0.25) is 0 Å². The zero-order chi connectivity index (χ0) is 33.5. The number of nitrogens with one attached hydrogen (secondary N) is 2. The number of methoxy groups -OCH3 is 1. The number of aryl methyl sites for hydroxylation is 3. The molecule has 3 heterocycles. The maximum absolute atomic E-state index is 14.2. The Kier molecular flexibility index (Phi) is 9.93. The van der Waals surface area contributed by atoms with Gasteiger partial charge in [0.05, 0.1) is 60.9 Å². The van der Waals surface area contributed by atoms with Crippen molar-refractivity contribution in [2.75, 3.05) is 26.8 Å². The van der Waals surface area contributed by atoms with Crippen molar-refractivity contribution in [2.45, 2.75) is 82.3 Å². The van der Waals surface area contributed by atoms with Gasteiger partial charge in [-0.1, -0.05) is 17.7 Å². The minimum absolute atomic E-state index is 0.120. The molecule has 10 nitrogen and oxygen atoms in total. The summed E-state index contributed by atoms with van der Waals surface area (Å²) in [6.07, 6.45) is -3.06. The van der Waals surface area contributed by atoms with Crippen molar-refractivity contribution in [3.8, 4) is 0 Å². The van der Waals surface area contributed by atoms with Gasteiger partial charge in [0.1, 0.15) is 11.0 Å². The van der Waals surface area contributed by atoms with E-state index in [4.69, 9.17) is 9.47 Å². The van der Waals surface area contributed by atoms with Crippen LogP contribution in [0.4, 0.5) is 26.7 Å². The van der Waals surface area contributed by atoms with Gasteiger partial charge in [-0.2, -0.15) is 18.3 Å². The zero-order valence-corrected chi connectivity index (χ0v) is 26.8. The normalized spacial score (nSPS) is 18.5. The van der Waals surface area contributed by atoms with Gasteiger partial charge in [-0.25, -0.2) is 32.0 Å². The molecule has 0 bridgehead atoms. The number of hydrogen-bond acceptors (Lipinski definition) is 6. The Morgan fingerprint density at radius 3 is 2.40 bits per heavy atom. The lowest BCUT2D eigenvalue weighted by atomic mass is 10.1. The van der Waals surface area contributed by atoms with Gasteiger partial charge in [-0.15, -0.1) is 0 Å². The molecule has 45 heavy (non-hydrogen) atoms. The van der Waals surface area contributed by atoms with E-state index in [0.29, 0.717) is 10.5 Å². The molecule has 1 aromatic carbocycles. The Morgan fingerprint density at radius 2 is 1.80 bits per heavy atom. The summed E-state index contributed by atoms with van der Waals surface area (Å²) in [5, 5.41) is 6.50. The molecule has 0 aliphatic carbocycles. The molecule has 1 aliphatic rings. The molecule has 0 radical (unpaired) electrons. The van der Waals surface area contributed by atoms with Crippen molar-refractivity contribution < 1.29 is 40.4 Å². The Hall–Kier alpha value is -3.21. The Labute approximate surface area is 260 Å². The van der Waals surface area contributed by atoms with E-state index < -0.39 is 66.0 Å². The average Bonchev–Trinajstić information content (AvgIpc) is 3.33. The molecule has 4 rings (SSSR count). The number of nitrogens with zero attached hydrogens (tertiary/aromatic N) is 4. The van der Waals surface area contributed by atoms with Crippen molar-refractivity contribution in [2.24, 2.45) is 0 Å². The minimum atomic E-state index is -4.70. The third-order valence-corrected chi connectivity index (χ3v) is 9.06. The van der Waals surface area contributed by atoms with E-state index in [9.17, 15) is 31.0 Å². The van der Waals surface area contributed by atoms with Crippen LogP contribution in [0.3, 0.4) is 0 Å². The van der Waals surface area contributed by atoms with Gasteiger partial charge in [-0.3, -0.25) is 0 Å². The fourth-order valence-corrected chi connectivity index (χ4v) is 6.69. The lowest BCUT2D eigenvalue weighted by Gasteiger charge is -2.38. The molecular formula is C29H37F5N6O4S. The summed E-state index contributed by atoms with van der Waals surface area (Å²) in [5.74, 6) is -3.17. The molecule has 2 aromatic heterocycles. The summed E-state index contributed by atoms with van der Waals surface area (Å²) in [6, 6.07) is 2.48. The van der Waals surface area contributed by atoms with E-state index in [2.05, 4.69) is 20.1 Å². The van der Waals surface area contributed by atoms with Crippen LogP contribution in [0, 0.1) is 20.8 Å². The van der Waals surface area contributed by atoms with E-state index in [-0.39, 0.29) is 17.9 Å². The second kappa shape index (κ2) is 12.9. The number of aromatic nitrogens is 3. The predicted molar refractivity (Wildman–Crippen MR) is 156 cm³/mol. The molecule has 2 N–H and O–H groups in total. The number of benzene rings is 1. The number of rotatable bonds is 11. The number of carbonyl (C=O) groups excluding carboxylic acids is 1. The molecule has 2 amide bonds. The number of halogens is 5. The highest BCUT2D eigenvalue weighted by Crippen LogP contribution is 2.36. The van der Waals surface area contributed by atoms with Gasteiger partial charge in [0.25, 0.3) is 5.92 Å². The highest BCUT2D eigenvalue weighted by molar-refractivity contribution is 7.83. The summed E-state index contributed by atoms with van der Waals surface area (Å²) >= 11 is 0. The van der Waals surface area contributed by atoms with E-state index in [1.54, 1.807) is 13.8 Å². The molecule has 3 aromatic rings. The van der Waals surface area contributed by atoms with Crippen molar-refractivity contribution >= 4 is 22.7 Å². The molecule has 0 saturated carbocycles. The maximum Gasteiger partial charge on any atom is 0.416 e. The van der Waals surface area contributed by atoms with Crippen LogP contribution in [0.25, 0.3) is 5.65 Å². The number of alkyl halides is 5. The lowest BCUT2D eigenvalue weighted by Crippen LogP contribution is -2.58. The highest BCUT2D eigenvalue weighted by Gasteiger charge is 2.50. The first-order valence-electron chi connectivity index (χ1n) is 14.1. The number of hydrogen-bond donors (Lipinski definition) is 2. The maximum atomic E-state index is 14.2. The van der Waals surface area contributed by atoms with E-state index >= 15 is 0 Å². The summed E-state index contributed by atoms with van der Waals surface area (Å²) < 4.78 is 98.5. The number of ether oxygens (including phenoxy) is 2. The van der Waals surface area contributed by atoms with Crippen LogP contribution in [0.1, 0.15) is 60.8 Å². The van der Waals surface area contributed by atoms with Crippen LogP contribution in [0.2, 0.25) is 0 Å². The van der Waals surface area contributed by atoms with E-state index in [1.807, 2.05) is 19.1 Å². The van der Waals surface area contributed by atoms with E-state index in [0.717, 1.165) is 35.4 Å². The Bertz CT molecular complexity index is 1560. The molecule has 1 fully saturated rings. The van der Waals surface area contributed by atoms with Crippen LogP contribution in [0.15, 0.2) is 35.5 Å². The third kappa shape index (κ3) is 7.61. The van der Waals surface area contributed by atoms with Crippen molar-refractivity contribution in [3.63, 3.8) is 0 Å². The van der Waals surface area contributed by atoms with Gasteiger partial charge in [0.15, 0.2) is 11.2 Å². The molecule has 1 saturated heterocycles. The lowest BCUT2D eigenvalue weighted by molar-refractivity contribution is -0.277. The Morgan fingerprint density at radius 1 is 1.16 bits per heavy atom. The first kappa shape index (κ1) is 34.7. The number of fused-ring (bicyclic) bond motifs is 1. The number of carbonyl (C=O) groups is 1. The van der Waals surface area contributed by atoms with Crippen molar-refractivity contribution in [3.05, 3.63) is 58.5 Å². The molecular weight excluding hydrogens is 623 g/mol. The number of urea groups is 1. The third-order valence-electron chi connectivity index (χ3n) is 7.58. The van der Waals surface area contributed by atoms with Gasteiger partial charge in [-0.05, 0) is 58.7 Å². The smallest absolute Gasteiger partial charge is 0.382 e. The summed E-state index contributed by atoms with van der Waals surface area (Å²) in [4.78, 5) is 18.5. The quantitative estimate of drug-likeness (QED) is 0.277. The fourth-order valence-electron chi connectivity index (χ4n) is 5.33. The highest BCUT2D eigenvalue weighted by atomic mass is 32.2. The molecule has 1 unspecified atom stereocenters. The monoisotopic (exact) mass is 660 g/mol. The summed E-state index contributed by atoms with van der Waals surface area (Å²) in [5.41, 5.74) is 0.611. The van der Waals surface area contributed by atoms with Crippen LogP contribution >= 0.6 is 0 Å². The first-order chi connectivity index (χ1) is 20.8. The first-order valence-corrected chi connectivity index (χ1v) is 15.3. The molecule has 16 heteroatoms. The van der Waals surface area contributed by atoms with Gasteiger partial charge >= 0.3 is 12.2 Å². The SMILES string of the molecule is COC[C@H](c1cnn2cc([C@@H](N[S@@](=O)c3c(C)cc(C)cc3C)C(C)OC(C)(C)C(F)(F)F)nc2c1)N1CC(F)(F)CNC1=O. The van der Waals surface area contributed by atoms with Gasteiger partial charge < -0.3 is 19.7 Å². The minimum Gasteiger partial charge on any atom is -0.382 e. The van der Waals surface area contributed by atoms with E-state index in [1.165, 1.54) is 37.0 Å². The summed E-state index contributed by atoms with van der Waals surface area (Å²) in [7, 11) is -0.521. The van der Waals surface area contributed by atoms with Crippen molar-refractivity contribution in [1.29, 1.82) is 0 Å². The van der Waals surface area contributed by atoms with Crippen molar-refractivity contribution in [1.82, 2.24) is 29.5 Å². The van der Waals surface area contributed by atoms with Crippen LogP contribution in [0.5, 0.6) is 0 Å². The standard InChI is InChI=1S/C29H37F5N6O4S/c1-16-8-17(2)25(18(3)9-16)45(42)38-24(19(4)44-27(5,6)29(32,33)34)21-12-40-23(37-21)10-20(11-36-40)22(13-43-7)39-15-28(30,31)14-35-26(39)41/h8-12,19,22,24,38H,13-15H2,1-7H3,(H,35,41)/t19?,22-,24+,45+/m1/s1. The molecule has 1 aliphatic heterocycles. The van der Waals surface area contributed by atoms with Crippen LogP contribution in [-0.2, 0) is 20.5 Å². The fraction of sp³-hybridized carbons (Fsp3) is 0.552. The Balaban J connectivity index is 1.74. The summed E-state index contributed by atoms with van der Waals surface area (Å²) in [6.45, 7) is 6.97. The van der Waals surface area contributed by atoms with Crippen LogP contribution < -0.4 is 10.0 Å². The number of imidazole rings is 1. The molecule has 248 valence electrons. The molecule has 0 spiro atoms. The van der Waals surface area contributed by atoms with Gasteiger partial charge in [0, 0.05) is 12.7 Å². The second-order valence-corrected chi connectivity index (χ2v) is 13.0. The average molecular weight is 661 g/mol. The molecule has 4 atom stereocenters. The topological polar surface area (TPSA) is 110 Å². The second-order valence-electron chi connectivity index (χ2n) is 11.8.